The van der Waals surface area contributed by atoms with Crippen molar-refractivity contribution in [3.63, 3.8) is 0 Å². The Labute approximate surface area is 188 Å². The maximum Gasteiger partial charge on any atom is 0.342 e. The van der Waals surface area contributed by atoms with Crippen LogP contribution in [0.25, 0.3) is 0 Å². The number of carbonyl (C=O) groups excluding carboxylic acids is 1. The quantitative estimate of drug-likeness (QED) is 0.322. The summed E-state index contributed by atoms with van der Waals surface area (Å²) in [5, 5.41) is 59.7. The molecule has 0 amide bonds. The van der Waals surface area contributed by atoms with E-state index < -0.39 is 49.4 Å². The lowest BCUT2D eigenvalue weighted by molar-refractivity contribution is -0.277. The standard InChI is InChI=1S/C22H24O11/c1-30-13-3-2-9(5-12(13)25)14-6-10-4-11(24)7-15(17(10)21(29)31-14)32-22-20(28)19(27)18(26)16(8-23)33-22/h2-5,7,14,16,18-20,22-28H,6,8H2,1H3/t14-,16+,18+,19-,20+,22+/m0/s1. The summed E-state index contributed by atoms with van der Waals surface area (Å²) >= 11 is 0. The second-order valence-corrected chi connectivity index (χ2v) is 7.82. The zero-order valence-electron chi connectivity index (χ0n) is 17.5. The van der Waals surface area contributed by atoms with E-state index in [1.165, 1.54) is 25.3 Å². The number of benzene rings is 2. The smallest absolute Gasteiger partial charge is 0.342 e. The molecule has 2 aromatic carbocycles. The van der Waals surface area contributed by atoms with Gasteiger partial charge in [-0.25, -0.2) is 4.79 Å². The molecule has 0 aliphatic carbocycles. The first-order valence-electron chi connectivity index (χ1n) is 10.1. The highest BCUT2D eigenvalue weighted by molar-refractivity contribution is 5.95. The maximum absolute atomic E-state index is 12.9. The number of aliphatic hydroxyl groups excluding tert-OH is 4. The molecule has 0 aromatic heterocycles. The van der Waals surface area contributed by atoms with Crippen LogP contribution in [0.3, 0.4) is 0 Å². The van der Waals surface area contributed by atoms with E-state index >= 15 is 0 Å². The molecular formula is C22H24O11. The van der Waals surface area contributed by atoms with Gasteiger partial charge in [-0.3, -0.25) is 0 Å². The molecule has 0 radical (unpaired) electrons. The van der Waals surface area contributed by atoms with Crippen molar-refractivity contribution in [2.24, 2.45) is 0 Å². The van der Waals surface area contributed by atoms with Crippen molar-refractivity contribution in [1.29, 1.82) is 0 Å². The molecule has 178 valence electrons. The minimum absolute atomic E-state index is 0.0151. The summed E-state index contributed by atoms with van der Waals surface area (Å²) in [4.78, 5) is 12.9. The number of rotatable bonds is 5. The van der Waals surface area contributed by atoms with Crippen LogP contribution >= 0.6 is 0 Å². The van der Waals surface area contributed by atoms with Crippen LogP contribution in [-0.4, -0.2) is 81.0 Å². The highest BCUT2D eigenvalue weighted by atomic mass is 16.7. The molecule has 0 unspecified atom stereocenters. The summed E-state index contributed by atoms with van der Waals surface area (Å²) in [7, 11) is 1.41. The Morgan fingerprint density at radius 2 is 1.79 bits per heavy atom. The van der Waals surface area contributed by atoms with Crippen LogP contribution in [0.2, 0.25) is 0 Å². The average Bonchev–Trinajstić information content (AvgIpc) is 2.78. The molecule has 2 heterocycles. The van der Waals surface area contributed by atoms with Gasteiger partial charge in [0.15, 0.2) is 11.5 Å². The van der Waals surface area contributed by atoms with Gasteiger partial charge in [0.1, 0.15) is 47.6 Å². The van der Waals surface area contributed by atoms with Gasteiger partial charge in [0.2, 0.25) is 6.29 Å². The molecule has 6 N–H and O–H groups in total. The molecule has 0 spiro atoms. The van der Waals surface area contributed by atoms with Gasteiger partial charge in [-0.05, 0) is 29.3 Å². The highest BCUT2D eigenvalue weighted by Crippen LogP contribution is 2.40. The number of aliphatic hydroxyl groups is 4. The van der Waals surface area contributed by atoms with E-state index in [1.54, 1.807) is 6.07 Å². The third-order valence-electron chi connectivity index (χ3n) is 5.69. The Kier molecular flexibility index (Phi) is 6.32. The number of esters is 1. The summed E-state index contributed by atoms with van der Waals surface area (Å²) in [6.45, 7) is -0.651. The van der Waals surface area contributed by atoms with Gasteiger partial charge in [-0.15, -0.1) is 0 Å². The van der Waals surface area contributed by atoms with Crippen LogP contribution in [0, 0.1) is 0 Å². The molecule has 33 heavy (non-hydrogen) atoms. The molecule has 2 aliphatic rings. The zero-order valence-corrected chi connectivity index (χ0v) is 17.5. The number of hydrogen-bond donors (Lipinski definition) is 6. The molecule has 2 aliphatic heterocycles. The Balaban J connectivity index is 1.63. The van der Waals surface area contributed by atoms with Gasteiger partial charge in [0, 0.05) is 12.5 Å². The number of methoxy groups -OCH3 is 1. The van der Waals surface area contributed by atoms with E-state index in [1.807, 2.05) is 0 Å². The van der Waals surface area contributed by atoms with Crippen LogP contribution in [0.4, 0.5) is 0 Å². The number of aromatic hydroxyl groups is 2. The van der Waals surface area contributed by atoms with Crippen LogP contribution < -0.4 is 9.47 Å². The first-order valence-corrected chi connectivity index (χ1v) is 10.1. The molecule has 11 nitrogen and oxygen atoms in total. The van der Waals surface area contributed by atoms with Crippen molar-refractivity contribution in [3.05, 3.63) is 47.0 Å². The Hall–Kier alpha value is -3.09. The molecule has 6 atom stereocenters. The van der Waals surface area contributed by atoms with Crippen molar-refractivity contribution < 1.29 is 54.4 Å². The largest absolute Gasteiger partial charge is 0.508 e. The van der Waals surface area contributed by atoms with Gasteiger partial charge in [-0.1, -0.05) is 6.07 Å². The van der Waals surface area contributed by atoms with E-state index in [9.17, 15) is 35.4 Å². The fourth-order valence-corrected chi connectivity index (χ4v) is 3.96. The molecule has 2 aromatic rings. The first-order chi connectivity index (χ1) is 15.7. The lowest BCUT2D eigenvalue weighted by Crippen LogP contribution is -2.60. The van der Waals surface area contributed by atoms with Gasteiger partial charge < -0.3 is 49.6 Å². The van der Waals surface area contributed by atoms with Crippen molar-refractivity contribution >= 4 is 5.97 Å². The second-order valence-electron chi connectivity index (χ2n) is 7.82. The summed E-state index contributed by atoms with van der Waals surface area (Å²) in [5.41, 5.74) is 0.872. The first kappa shape index (κ1) is 23.1. The lowest BCUT2D eigenvalue weighted by Gasteiger charge is -2.40. The molecule has 1 saturated heterocycles. The summed E-state index contributed by atoms with van der Waals surface area (Å²) < 4.78 is 21.4. The maximum atomic E-state index is 12.9. The van der Waals surface area contributed by atoms with E-state index in [4.69, 9.17) is 18.9 Å². The highest BCUT2D eigenvalue weighted by Gasteiger charge is 2.45. The summed E-state index contributed by atoms with van der Waals surface area (Å²) in [5.74, 6) is -1.06. The van der Waals surface area contributed by atoms with Gasteiger partial charge >= 0.3 is 5.97 Å². The van der Waals surface area contributed by atoms with Crippen molar-refractivity contribution in [2.75, 3.05) is 13.7 Å². The molecule has 4 rings (SSSR count). The van der Waals surface area contributed by atoms with E-state index in [0.717, 1.165) is 6.07 Å². The molecular weight excluding hydrogens is 440 g/mol. The predicted octanol–water partition coefficient (Wildman–Crippen LogP) is -0.261. The predicted molar refractivity (Wildman–Crippen MR) is 109 cm³/mol. The second kappa shape index (κ2) is 9.04. The van der Waals surface area contributed by atoms with Gasteiger partial charge in [-0.2, -0.15) is 0 Å². The van der Waals surface area contributed by atoms with Gasteiger partial charge in [0.25, 0.3) is 0 Å². The molecule has 0 saturated carbocycles. The van der Waals surface area contributed by atoms with E-state index in [0.29, 0.717) is 11.1 Å². The number of hydrogen-bond acceptors (Lipinski definition) is 11. The van der Waals surface area contributed by atoms with Crippen molar-refractivity contribution in [1.82, 2.24) is 0 Å². The van der Waals surface area contributed by atoms with Crippen molar-refractivity contribution in [3.8, 4) is 23.0 Å². The molecule has 11 heteroatoms. The third kappa shape index (κ3) is 4.28. The van der Waals surface area contributed by atoms with Crippen molar-refractivity contribution in [2.45, 2.75) is 43.2 Å². The normalized spacial score (nSPS) is 29.2. The van der Waals surface area contributed by atoms with Gasteiger partial charge in [0.05, 0.1) is 13.7 Å². The average molecular weight is 464 g/mol. The van der Waals surface area contributed by atoms with Crippen LogP contribution in [-0.2, 0) is 15.9 Å². The van der Waals surface area contributed by atoms with E-state index in [2.05, 4.69) is 0 Å². The van der Waals surface area contributed by atoms with Crippen LogP contribution in [0.1, 0.15) is 27.6 Å². The minimum Gasteiger partial charge on any atom is -0.508 e. The topological polar surface area (TPSA) is 175 Å². The SMILES string of the molecule is COc1ccc([C@@H]2Cc3cc(O)cc(O[C@@H]4O[C@H](CO)[C@@H](O)[C@H](O)[C@H]4O)c3C(=O)O2)cc1O. The number of ether oxygens (including phenoxy) is 4. The lowest BCUT2D eigenvalue weighted by atomic mass is 9.93. The minimum atomic E-state index is -1.70. The monoisotopic (exact) mass is 464 g/mol. The number of cyclic esters (lactones) is 1. The summed E-state index contributed by atoms with van der Waals surface area (Å²) in [6.07, 6.45) is -8.32. The Morgan fingerprint density at radius 1 is 1.03 bits per heavy atom. The number of fused-ring (bicyclic) bond motifs is 1. The zero-order chi connectivity index (χ0) is 23.9. The molecule has 0 bridgehead atoms. The molecule has 1 fully saturated rings. The summed E-state index contributed by atoms with van der Waals surface area (Å²) in [6, 6.07) is 7.07. The Bertz CT molecular complexity index is 1040. The van der Waals surface area contributed by atoms with Crippen LogP contribution in [0.15, 0.2) is 30.3 Å². The number of phenols is 2. The third-order valence-corrected chi connectivity index (χ3v) is 5.69. The van der Waals surface area contributed by atoms with Crippen LogP contribution in [0.5, 0.6) is 23.0 Å². The fourth-order valence-electron chi connectivity index (χ4n) is 3.96. The number of carbonyl (C=O) groups is 1. The van der Waals surface area contributed by atoms with E-state index in [-0.39, 0.29) is 35.0 Å². The fraction of sp³-hybridized carbons (Fsp3) is 0.409. The Morgan fingerprint density at radius 3 is 2.45 bits per heavy atom. The number of phenolic OH excluding ortho intramolecular Hbond substituents is 2.